The fraction of sp³-hybridized carbons (Fsp3) is 0.429. The van der Waals surface area contributed by atoms with Gasteiger partial charge < -0.3 is 5.11 Å². The maximum Gasteiger partial charge on any atom is 0.320 e. The third-order valence-electron chi connectivity index (χ3n) is 3.58. The number of carboxylic acid groups (broad SMARTS) is 1. The number of nitrogens with zero attached hydrogens (tertiary/aromatic N) is 2. The first-order valence-corrected chi connectivity index (χ1v) is 8.50. The van der Waals surface area contributed by atoms with Gasteiger partial charge in [0.25, 0.3) is 0 Å². The van der Waals surface area contributed by atoms with Crippen LogP contribution in [0.1, 0.15) is 25.0 Å². The second kappa shape index (κ2) is 6.03. The van der Waals surface area contributed by atoms with E-state index in [0.717, 1.165) is 42.1 Å². The van der Waals surface area contributed by atoms with Crippen molar-refractivity contribution in [3.63, 3.8) is 0 Å². The number of piperidine rings is 1. The lowest BCUT2D eigenvalue weighted by atomic mass is 10.0. The van der Waals surface area contributed by atoms with Crippen LogP contribution in [0.25, 0.3) is 10.6 Å². The van der Waals surface area contributed by atoms with Crippen molar-refractivity contribution in [2.75, 3.05) is 6.54 Å². The summed E-state index contributed by atoms with van der Waals surface area (Å²) < 4.78 is 0. The molecule has 2 aromatic heterocycles. The normalized spacial score (nSPS) is 20.1. The second-order valence-electron chi connectivity index (χ2n) is 4.98. The molecule has 3 heterocycles. The molecule has 0 radical (unpaired) electrons. The van der Waals surface area contributed by atoms with E-state index in [1.807, 2.05) is 15.7 Å². The fourth-order valence-corrected chi connectivity index (χ4v) is 4.09. The monoisotopic (exact) mass is 308 g/mol. The van der Waals surface area contributed by atoms with Gasteiger partial charge in [-0.2, -0.15) is 11.3 Å². The number of thiazole rings is 1. The average Bonchev–Trinajstić information content (AvgIpc) is 3.09. The van der Waals surface area contributed by atoms with E-state index in [2.05, 4.69) is 16.4 Å². The molecule has 1 atom stereocenters. The minimum Gasteiger partial charge on any atom is -0.480 e. The Hall–Kier alpha value is -1.24. The van der Waals surface area contributed by atoms with E-state index in [1.165, 1.54) is 0 Å². The first-order valence-electron chi connectivity index (χ1n) is 6.68. The Morgan fingerprint density at radius 3 is 3.10 bits per heavy atom. The van der Waals surface area contributed by atoms with Crippen LogP contribution < -0.4 is 0 Å². The molecule has 4 nitrogen and oxygen atoms in total. The number of aromatic nitrogens is 1. The van der Waals surface area contributed by atoms with Crippen molar-refractivity contribution in [1.29, 1.82) is 0 Å². The molecule has 1 aliphatic rings. The maximum absolute atomic E-state index is 11.3. The summed E-state index contributed by atoms with van der Waals surface area (Å²) in [5, 5.41) is 16.5. The Balaban J connectivity index is 1.72. The number of hydrogen-bond donors (Lipinski definition) is 1. The van der Waals surface area contributed by atoms with E-state index in [9.17, 15) is 9.90 Å². The molecule has 1 N–H and O–H groups in total. The standard InChI is InChI=1S/C14H16N2O2S2/c17-14(18)12-3-1-2-5-16(12)7-11-9-20-13(15-11)10-4-6-19-8-10/h4,6,8-9,12H,1-3,5,7H2,(H,17,18). The summed E-state index contributed by atoms with van der Waals surface area (Å²) in [5.74, 6) is -0.710. The van der Waals surface area contributed by atoms with E-state index in [1.54, 1.807) is 22.7 Å². The lowest BCUT2D eigenvalue weighted by Crippen LogP contribution is -2.44. The number of likely N-dealkylation sites (tertiary alicyclic amines) is 1. The van der Waals surface area contributed by atoms with Crippen molar-refractivity contribution >= 4 is 28.6 Å². The molecule has 0 bridgehead atoms. The third kappa shape index (κ3) is 2.92. The van der Waals surface area contributed by atoms with Crippen LogP contribution in [0.2, 0.25) is 0 Å². The summed E-state index contributed by atoms with van der Waals surface area (Å²) in [7, 11) is 0. The van der Waals surface area contributed by atoms with Crippen LogP contribution in [0.5, 0.6) is 0 Å². The highest BCUT2D eigenvalue weighted by Crippen LogP contribution is 2.27. The van der Waals surface area contributed by atoms with Crippen LogP contribution in [0.4, 0.5) is 0 Å². The van der Waals surface area contributed by atoms with Gasteiger partial charge in [-0.25, -0.2) is 4.98 Å². The number of aliphatic carboxylic acids is 1. The molecule has 0 amide bonds. The Kier molecular flexibility index (Phi) is 4.14. The topological polar surface area (TPSA) is 53.4 Å². The molecule has 0 saturated carbocycles. The molecule has 0 aromatic carbocycles. The zero-order chi connectivity index (χ0) is 13.9. The average molecular weight is 308 g/mol. The Bertz CT molecular complexity index is 580. The van der Waals surface area contributed by atoms with Crippen LogP contribution >= 0.6 is 22.7 Å². The first kappa shape index (κ1) is 13.7. The van der Waals surface area contributed by atoms with Gasteiger partial charge in [-0.15, -0.1) is 11.3 Å². The van der Waals surface area contributed by atoms with E-state index in [0.29, 0.717) is 6.54 Å². The molecule has 6 heteroatoms. The molecule has 3 rings (SSSR count). The molecule has 106 valence electrons. The van der Waals surface area contributed by atoms with Gasteiger partial charge in [0.2, 0.25) is 0 Å². The van der Waals surface area contributed by atoms with Crippen LogP contribution in [0.3, 0.4) is 0 Å². The molecule has 1 saturated heterocycles. The van der Waals surface area contributed by atoms with Crippen LogP contribution in [0, 0.1) is 0 Å². The van der Waals surface area contributed by atoms with E-state index >= 15 is 0 Å². The summed E-state index contributed by atoms with van der Waals surface area (Å²) in [6.45, 7) is 1.49. The van der Waals surface area contributed by atoms with Crippen LogP contribution in [-0.4, -0.2) is 33.5 Å². The largest absolute Gasteiger partial charge is 0.480 e. The predicted octanol–water partition coefficient (Wildman–Crippen LogP) is 3.31. The lowest BCUT2D eigenvalue weighted by molar-refractivity contribution is -0.144. The SMILES string of the molecule is O=C(O)C1CCCCN1Cc1csc(-c2ccsc2)n1. The van der Waals surface area contributed by atoms with E-state index in [4.69, 9.17) is 0 Å². The summed E-state index contributed by atoms with van der Waals surface area (Å²) in [4.78, 5) is 18.0. The molecule has 1 aliphatic heterocycles. The van der Waals surface area contributed by atoms with Crippen molar-refractivity contribution < 1.29 is 9.90 Å². The highest BCUT2D eigenvalue weighted by Gasteiger charge is 2.28. The van der Waals surface area contributed by atoms with E-state index in [-0.39, 0.29) is 6.04 Å². The van der Waals surface area contributed by atoms with Crippen molar-refractivity contribution in [1.82, 2.24) is 9.88 Å². The zero-order valence-electron chi connectivity index (χ0n) is 11.0. The Morgan fingerprint density at radius 1 is 1.45 bits per heavy atom. The minimum absolute atomic E-state index is 0.352. The van der Waals surface area contributed by atoms with Gasteiger partial charge in [-0.3, -0.25) is 9.69 Å². The minimum atomic E-state index is -0.710. The zero-order valence-corrected chi connectivity index (χ0v) is 12.6. The molecule has 2 aromatic rings. The second-order valence-corrected chi connectivity index (χ2v) is 6.61. The first-order chi connectivity index (χ1) is 9.74. The number of thiophene rings is 1. The smallest absolute Gasteiger partial charge is 0.320 e. The third-order valence-corrected chi connectivity index (χ3v) is 5.21. The van der Waals surface area contributed by atoms with Crippen molar-refractivity contribution in [2.24, 2.45) is 0 Å². The molecular formula is C14H16N2O2S2. The van der Waals surface area contributed by atoms with Crippen LogP contribution in [-0.2, 0) is 11.3 Å². The Labute approximate surface area is 125 Å². The van der Waals surface area contributed by atoms with Gasteiger partial charge in [-0.1, -0.05) is 6.42 Å². The predicted molar refractivity (Wildman–Crippen MR) is 81.1 cm³/mol. The highest BCUT2D eigenvalue weighted by molar-refractivity contribution is 7.14. The number of hydrogen-bond acceptors (Lipinski definition) is 5. The van der Waals surface area contributed by atoms with Gasteiger partial charge in [0.05, 0.1) is 5.69 Å². The maximum atomic E-state index is 11.3. The number of rotatable bonds is 4. The van der Waals surface area contributed by atoms with Gasteiger partial charge in [0, 0.05) is 22.9 Å². The van der Waals surface area contributed by atoms with E-state index < -0.39 is 5.97 Å². The summed E-state index contributed by atoms with van der Waals surface area (Å²) in [5.41, 5.74) is 2.13. The molecule has 20 heavy (non-hydrogen) atoms. The summed E-state index contributed by atoms with van der Waals surface area (Å²) in [6.07, 6.45) is 2.83. The lowest BCUT2D eigenvalue weighted by Gasteiger charge is -2.32. The molecule has 1 unspecified atom stereocenters. The van der Waals surface area contributed by atoms with Crippen molar-refractivity contribution in [3.05, 3.63) is 27.9 Å². The summed E-state index contributed by atoms with van der Waals surface area (Å²) in [6, 6.07) is 1.71. The van der Waals surface area contributed by atoms with Gasteiger partial charge >= 0.3 is 5.97 Å². The van der Waals surface area contributed by atoms with Gasteiger partial charge in [-0.05, 0) is 30.8 Å². The van der Waals surface area contributed by atoms with Gasteiger partial charge in [0.15, 0.2) is 0 Å². The van der Waals surface area contributed by atoms with Crippen LogP contribution in [0.15, 0.2) is 22.2 Å². The number of carboxylic acids is 1. The summed E-state index contributed by atoms with van der Waals surface area (Å²) >= 11 is 3.29. The highest BCUT2D eigenvalue weighted by atomic mass is 32.1. The van der Waals surface area contributed by atoms with Gasteiger partial charge in [0.1, 0.15) is 11.0 Å². The Morgan fingerprint density at radius 2 is 2.35 bits per heavy atom. The number of carbonyl (C=O) groups is 1. The van der Waals surface area contributed by atoms with Crippen molar-refractivity contribution in [2.45, 2.75) is 31.8 Å². The molecular weight excluding hydrogens is 292 g/mol. The van der Waals surface area contributed by atoms with Crippen molar-refractivity contribution in [3.8, 4) is 10.6 Å². The molecule has 1 fully saturated rings. The quantitative estimate of drug-likeness (QED) is 0.941. The molecule has 0 spiro atoms. The fourth-order valence-electron chi connectivity index (χ4n) is 2.57. The molecule has 0 aliphatic carbocycles.